The van der Waals surface area contributed by atoms with Crippen LogP contribution in [0.3, 0.4) is 0 Å². The lowest BCUT2D eigenvalue weighted by atomic mass is 9.90. The number of benzene rings is 1. The fourth-order valence-corrected chi connectivity index (χ4v) is 4.98. The first-order chi connectivity index (χ1) is 10.8. The molecule has 1 aromatic carbocycles. The molecule has 0 amide bonds. The normalized spacial score (nSPS) is 25.3. The molecule has 2 aliphatic rings. The molecule has 8 heteroatoms. The van der Waals surface area contributed by atoms with E-state index in [-0.39, 0.29) is 10.5 Å². The van der Waals surface area contributed by atoms with E-state index in [0.717, 1.165) is 23.2 Å². The van der Waals surface area contributed by atoms with Gasteiger partial charge in [-0.05, 0) is 48.9 Å². The monoisotopic (exact) mass is 345 g/mol. The maximum absolute atomic E-state index is 13.4. The maximum Gasteiger partial charge on any atom is 0.335 e. The lowest BCUT2D eigenvalue weighted by Crippen LogP contribution is -2.31. The van der Waals surface area contributed by atoms with Crippen molar-refractivity contribution in [2.75, 3.05) is 13.1 Å². The van der Waals surface area contributed by atoms with Crippen LogP contribution < -0.4 is 0 Å². The number of rotatable bonds is 3. The first-order valence-electron chi connectivity index (χ1n) is 7.48. The van der Waals surface area contributed by atoms with E-state index in [1.165, 1.54) is 6.07 Å². The zero-order chi connectivity index (χ0) is 16.8. The maximum atomic E-state index is 13.4. The van der Waals surface area contributed by atoms with Crippen molar-refractivity contribution < 1.29 is 27.1 Å². The van der Waals surface area contributed by atoms with Crippen LogP contribution in [-0.4, -0.2) is 49.2 Å². The predicted octanol–water partition coefficient (Wildman–Crippen LogP) is 1.94. The van der Waals surface area contributed by atoms with Crippen LogP contribution in [0.2, 0.25) is 0 Å². The number of carboxylic acids is 1. The highest BCUT2D eigenvalue weighted by Crippen LogP contribution is 2.33. The van der Waals surface area contributed by atoms with Crippen molar-refractivity contribution in [2.24, 2.45) is 0 Å². The van der Waals surface area contributed by atoms with E-state index >= 15 is 0 Å². The standard InChI is InChI=1S/C15H17F2NO4S/c16-12-7-18(8-13(12)17)23(21,22)14-6-10(15(19)20)5-9-3-1-2-4-11(9)14/h5-6,12-13H,1-4,7-8H2,(H,19,20)/t12-,13+. The van der Waals surface area contributed by atoms with Crippen molar-refractivity contribution in [1.29, 1.82) is 0 Å². The Bertz CT molecular complexity index is 740. The summed E-state index contributed by atoms with van der Waals surface area (Å²) in [4.78, 5) is 11.1. The zero-order valence-electron chi connectivity index (χ0n) is 12.3. The van der Waals surface area contributed by atoms with Crippen LogP contribution in [0.4, 0.5) is 8.78 Å². The van der Waals surface area contributed by atoms with Gasteiger partial charge in [0, 0.05) is 13.1 Å². The number of hydrogen-bond acceptors (Lipinski definition) is 3. The van der Waals surface area contributed by atoms with Crippen LogP contribution in [0.5, 0.6) is 0 Å². The van der Waals surface area contributed by atoms with Gasteiger partial charge in [0.25, 0.3) is 0 Å². The average Bonchev–Trinajstić information content (AvgIpc) is 2.86. The first kappa shape index (κ1) is 16.3. The second kappa shape index (κ2) is 5.83. The minimum atomic E-state index is -4.11. The number of hydrogen-bond donors (Lipinski definition) is 1. The largest absolute Gasteiger partial charge is 0.478 e. The van der Waals surface area contributed by atoms with Crippen LogP contribution in [0, 0.1) is 0 Å². The van der Waals surface area contributed by atoms with E-state index in [1.54, 1.807) is 0 Å². The minimum Gasteiger partial charge on any atom is -0.478 e. The second-order valence-electron chi connectivity index (χ2n) is 5.98. The number of nitrogens with zero attached hydrogens (tertiary/aromatic N) is 1. The van der Waals surface area contributed by atoms with Gasteiger partial charge in [-0.1, -0.05) is 0 Å². The van der Waals surface area contributed by atoms with Gasteiger partial charge in [0.15, 0.2) is 0 Å². The molecule has 1 saturated heterocycles. The number of carboxylic acid groups (broad SMARTS) is 1. The summed E-state index contributed by atoms with van der Waals surface area (Å²) in [6.45, 7) is -1.06. The predicted molar refractivity (Wildman–Crippen MR) is 78.6 cm³/mol. The molecule has 1 aliphatic carbocycles. The van der Waals surface area contributed by atoms with Gasteiger partial charge >= 0.3 is 5.97 Å². The summed E-state index contributed by atoms with van der Waals surface area (Å²) in [5.41, 5.74) is 1.17. The summed E-state index contributed by atoms with van der Waals surface area (Å²) in [7, 11) is -4.11. The molecular weight excluding hydrogens is 328 g/mol. The van der Waals surface area contributed by atoms with E-state index in [2.05, 4.69) is 0 Å². The minimum absolute atomic E-state index is 0.114. The van der Waals surface area contributed by atoms with Gasteiger partial charge in [-0.3, -0.25) is 0 Å². The molecule has 1 N–H and O–H groups in total. The summed E-state index contributed by atoms with van der Waals surface area (Å²) >= 11 is 0. The van der Waals surface area contributed by atoms with E-state index in [9.17, 15) is 27.1 Å². The first-order valence-corrected chi connectivity index (χ1v) is 8.92. The Hall–Kier alpha value is -1.54. The quantitative estimate of drug-likeness (QED) is 0.909. The molecule has 1 aliphatic heterocycles. The fourth-order valence-electron chi connectivity index (χ4n) is 3.21. The van der Waals surface area contributed by atoms with Gasteiger partial charge < -0.3 is 5.11 Å². The summed E-state index contributed by atoms with van der Waals surface area (Å²) < 4.78 is 53.1. The Balaban J connectivity index is 2.11. The van der Waals surface area contributed by atoms with E-state index in [4.69, 9.17) is 0 Å². The van der Waals surface area contributed by atoms with Crippen molar-refractivity contribution in [3.8, 4) is 0 Å². The van der Waals surface area contributed by atoms with E-state index in [0.29, 0.717) is 24.0 Å². The summed E-state index contributed by atoms with van der Waals surface area (Å²) in [5.74, 6) is -1.22. The van der Waals surface area contributed by atoms with Gasteiger partial charge in [0.2, 0.25) is 10.0 Å². The Morgan fingerprint density at radius 2 is 1.74 bits per heavy atom. The fraction of sp³-hybridized carbons (Fsp3) is 0.533. The van der Waals surface area contributed by atoms with E-state index < -0.39 is 41.4 Å². The topological polar surface area (TPSA) is 74.7 Å². The number of sulfonamides is 1. The van der Waals surface area contributed by atoms with Crippen LogP contribution >= 0.6 is 0 Å². The average molecular weight is 345 g/mol. The molecule has 0 unspecified atom stereocenters. The molecule has 3 rings (SSSR count). The molecule has 5 nitrogen and oxygen atoms in total. The second-order valence-corrected chi connectivity index (χ2v) is 7.88. The Morgan fingerprint density at radius 1 is 1.13 bits per heavy atom. The van der Waals surface area contributed by atoms with Crippen LogP contribution in [-0.2, 0) is 22.9 Å². The third-order valence-electron chi connectivity index (χ3n) is 4.44. The lowest BCUT2D eigenvalue weighted by Gasteiger charge is -2.23. The number of aromatic carboxylic acids is 1. The van der Waals surface area contributed by atoms with Crippen molar-refractivity contribution in [1.82, 2.24) is 4.31 Å². The Labute approximate surface area is 133 Å². The molecule has 126 valence electrons. The van der Waals surface area contributed by atoms with Crippen molar-refractivity contribution in [3.63, 3.8) is 0 Å². The number of aryl methyl sites for hydroxylation is 1. The SMILES string of the molecule is O=C(O)c1cc2c(c(S(=O)(=O)N3C[C@@H](F)[C@@H](F)C3)c1)CCCC2. The number of fused-ring (bicyclic) bond motifs is 1. The summed E-state index contributed by atoms with van der Waals surface area (Å²) in [6, 6.07) is 2.61. The molecule has 1 fully saturated rings. The summed E-state index contributed by atoms with van der Waals surface area (Å²) in [5, 5.41) is 9.20. The Kier molecular flexibility index (Phi) is 4.14. The van der Waals surface area contributed by atoms with Crippen LogP contribution in [0.1, 0.15) is 34.3 Å². The van der Waals surface area contributed by atoms with E-state index in [1.807, 2.05) is 0 Å². The van der Waals surface area contributed by atoms with Gasteiger partial charge in [-0.15, -0.1) is 0 Å². The number of alkyl halides is 2. The van der Waals surface area contributed by atoms with Gasteiger partial charge in [0.05, 0.1) is 10.5 Å². The highest BCUT2D eigenvalue weighted by atomic mass is 32.2. The molecule has 1 heterocycles. The zero-order valence-corrected chi connectivity index (χ0v) is 13.2. The third kappa shape index (κ3) is 2.85. The molecule has 0 aromatic heterocycles. The molecule has 0 spiro atoms. The molecule has 23 heavy (non-hydrogen) atoms. The number of carbonyl (C=O) groups is 1. The van der Waals surface area contributed by atoms with Crippen LogP contribution in [0.25, 0.3) is 0 Å². The molecule has 0 bridgehead atoms. The van der Waals surface area contributed by atoms with Crippen molar-refractivity contribution in [3.05, 3.63) is 28.8 Å². The van der Waals surface area contributed by atoms with Crippen LogP contribution in [0.15, 0.2) is 17.0 Å². The van der Waals surface area contributed by atoms with Crippen molar-refractivity contribution >= 4 is 16.0 Å². The number of halogens is 2. The molecule has 0 saturated carbocycles. The third-order valence-corrected chi connectivity index (χ3v) is 6.34. The highest BCUT2D eigenvalue weighted by molar-refractivity contribution is 7.89. The van der Waals surface area contributed by atoms with Gasteiger partial charge in [0.1, 0.15) is 12.3 Å². The Morgan fingerprint density at radius 3 is 2.35 bits per heavy atom. The molecular formula is C15H17F2NO4S. The smallest absolute Gasteiger partial charge is 0.335 e. The molecule has 0 radical (unpaired) electrons. The molecule has 1 aromatic rings. The van der Waals surface area contributed by atoms with Gasteiger partial charge in [-0.25, -0.2) is 22.0 Å². The van der Waals surface area contributed by atoms with Gasteiger partial charge in [-0.2, -0.15) is 4.31 Å². The molecule has 2 atom stereocenters. The highest BCUT2D eigenvalue weighted by Gasteiger charge is 2.41. The lowest BCUT2D eigenvalue weighted by molar-refractivity contribution is 0.0696. The van der Waals surface area contributed by atoms with Crippen molar-refractivity contribution in [2.45, 2.75) is 42.9 Å². The summed E-state index contributed by atoms with van der Waals surface area (Å²) in [6.07, 6.45) is -0.893.